The lowest BCUT2D eigenvalue weighted by molar-refractivity contribution is -0.115. The summed E-state index contributed by atoms with van der Waals surface area (Å²) < 4.78 is 7.30. The molecule has 25 heavy (non-hydrogen) atoms. The number of hydrogen-bond acceptors (Lipinski definition) is 7. The monoisotopic (exact) mass is 375 g/mol. The third-order valence-corrected chi connectivity index (χ3v) is 5.38. The van der Waals surface area contributed by atoms with Gasteiger partial charge in [0, 0.05) is 18.1 Å². The van der Waals surface area contributed by atoms with Crippen molar-refractivity contribution in [1.82, 2.24) is 19.7 Å². The van der Waals surface area contributed by atoms with Crippen LogP contribution < -0.4 is 5.32 Å². The van der Waals surface area contributed by atoms with Crippen molar-refractivity contribution in [3.05, 3.63) is 42.6 Å². The molecule has 0 aliphatic rings. The fourth-order valence-corrected chi connectivity index (χ4v) is 3.67. The maximum atomic E-state index is 12.5. The Kier molecular flexibility index (Phi) is 5.67. The molecule has 0 saturated carbocycles. The Morgan fingerprint density at radius 2 is 2.44 bits per heavy atom. The van der Waals surface area contributed by atoms with E-state index < -0.39 is 0 Å². The summed E-state index contributed by atoms with van der Waals surface area (Å²) in [4.78, 5) is 16.6. The van der Waals surface area contributed by atoms with Gasteiger partial charge < -0.3 is 9.73 Å². The van der Waals surface area contributed by atoms with Crippen LogP contribution in [-0.2, 0) is 11.3 Å². The smallest absolute Gasteiger partial charge is 0.239 e. The van der Waals surface area contributed by atoms with Gasteiger partial charge in [0.05, 0.1) is 11.5 Å². The first-order valence-electron chi connectivity index (χ1n) is 7.68. The summed E-state index contributed by atoms with van der Waals surface area (Å²) in [6.07, 6.45) is 5.66. The van der Waals surface area contributed by atoms with Crippen molar-refractivity contribution in [2.45, 2.75) is 30.3 Å². The molecule has 3 aromatic rings. The first-order chi connectivity index (χ1) is 12.2. The molecule has 0 unspecified atom stereocenters. The Morgan fingerprint density at radius 1 is 1.56 bits per heavy atom. The van der Waals surface area contributed by atoms with E-state index in [1.54, 1.807) is 24.6 Å². The third kappa shape index (κ3) is 3.99. The maximum Gasteiger partial charge on any atom is 0.239 e. The number of anilines is 1. The van der Waals surface area contributed by atoms with Crippen molar-refractivity contribution in [3.8, 4) is 11.6 Å². The molecule has 1 atom stereocenters. The average molecular weight is 375 g/mol. The number of furan rings is 1. The zero-order valence-electron chi connectivity index (χ0n) is 13.6. The van der Waals surface area contributed by atoms with Crippen molar-refractivity contribution in [2.75, 3.05) is 5.32 Å². The van der Waals surface area contributed by atoms with Crippen molar-refractivity contribution in [3.63, 3.8) is 0 Å². The van der Waals surface area contributed by atoms with Crippen molar-refractivity contribution in [2.24, 2.45) is 0 Å². The number of hydrogen-bond donors (Lipinski definition) is 1. The lowest BCUT2D eigenvalue weighted by Crippen LogP contribution is -2.25. The summed E-state index contributed by atoms with van der Waals surface area (Å²) in [5.74, 6) is 1.14. The number of carbonyl (C=O) groups is 1. The Morgan fingerprint density at radius 3 is 3.08 bits per heavy atom. The minimum atomic E-state index is -0.305. The number of thioether (sulfide) groups is 1. The predicted octanol–water partition coefficient (Wildman–Crippen LogP) is 3.69. The van der Waals surface area contributed by atoms with Gasteiger partial charge in [-0.3, -0.25) is 9.36 Å². The number of thiazole rings is 1. The third-order valence-electron chi connectivity index (χ3n) is 3.34. The lowest BCUT2D eigenvalue weighted by atomic mass is 10.3. The van der Waals surface area contributed by atoms with Gasteiger partial charge in [0.25, 0.3) is 0 Å². The van der Waals surface area contributed by atoms with Crippen LogP contribution in [0.25, 0.3) is 11.6 Å². The molecule has 0 radical (unpaired) electrons. The molecule has 0 aliphatic carbocycles. The van der Waals surface area contributed by atoms with Crippen LogP contribution in [0.15, 0.2) is 52.2 Å². The maximum absolute atomic E-state index is 12.5. The fraction of sp³-hybridized carbons (Fsp3) is 0.250. The zero-order chi connectivity index (χ0) is 17.6. The van der Waals surface area contributed by atoms with E-state index in [1.807, 2.05) is 22.9 Å². The molecule has 7 nitrogen and oxygen atoms in total. The van der Waals surface area contributed by atoms with Crippen molar-refractivity contribution >= 4 is 34.1 Å². The summed E-state index contributed by atoms with van der Waals surface area (Å²) in [5, 5.41) is 14.0. The molecule has 0 spiro atoms. The molecule has 0 aromatic carbocycles. The van der Waals surface area contributed by atoms with E-state index in [-0.39, 0.29) is 11.2 Å². The minimum absolute atomic E-state index is 0.102. The molecule has 1 amide bonds. The summed E-state index contributed by atoms with van der Waals surface area (Å²) in [5.41, 5.74) is 0. The van der Waals surface area contributed by atoms with E-state index in [0.717, 1.165) is 0 Å². The van der Waals surface area contributed by atoms with Gasteiger partial charge in [-0.1, -0.05) is 24.8 Å². The van der Waals surface area contributed by atoms with E-state index in [9.17, 15) is 4.79 Å². The number of nitrogens with one attached hydrogen (secondary N) is 1. The van der Waals surface area contributed by atoms with Gasteiger partial charge in [0.15, 0.2) is 16.0 Å². The SMILES string of the molecule is C=CCn1c(S[C@@H](CC)C(=O)Nc2nccs2)nnc1-c1ccco1. The molecule has 9 heteroatoms. The Balaban J connectivity index is 1.80. The standard InChI is InChI=1S/C16H17N5O2S2/c1-3-8-21-13(11-6-5-9-23-11)19-20-16(21)25-12(4-2)14(22)18-15-17-7-10-24-15/h3,5-7,9-10,12H,1,4,8H2,2H3,(H,17,18,22)/t12-/m0/s1. The van der Waals surface area contributed by atoms with Crippen LogP contribution in [0.5, 0.6) is 0 Å². The molecule has 0 saturated heterocycles. The number of allylic oxidation sites excluding steroid dienone is 1. The average Bonchev–Trinajstić information content (AvgIpc) is 3.35. The number of carbonyl (C=O) groups excluding carboxylic acids is 1. The molecule has 130 valence electrons. The first kappa shape index (κ1) is 17.4. The summed E-state index contributed by atoms with van der Waals surface area (Å²) >= 11 is 2.76. The van der Waals surface area contributed by atoms with Gasteiger partial charge in [-0.05, 0) is 18.6 Å². The summed E-state index contributed by atoms with van der Waals surface area (Å²) in [7, 11) is 0. The Bertz CT molecular complexity index is 827. The second kappa shape index (κ2) is 8.13. The molecular formula is C16H17N5O2S2. The van der Waals surface area contributed by atoms with Gasteiger partial charge in [0.2, 0.25) is 11.7 Å². The number of nitrogens with zero attached hydrogens (tertiary/aromatic N) is 4. The van der Waals surface area contributed by atoms with Crippen LogP contribution in [0.2, 0.25) is 0 Å². The van der Waals surface area contributed by atoms with Gasteiger partial charge >= 0.3 is 0 Å². The lowest BCUT2D eigenvalue weighted by Gasteiger charge is -2.13. The molecule has 3 aromatic heterocycles. The van der Waals surface area contributed by atoms with Gasteiger partial charge in [-0.15, -0.1) is 28.1 Å². The van der Waals surface area contributed by atoms with Crippen LogP contribution in [-0.4, -0.2) is 30.9 Å². The molecule has 1 N–H and O–H groups in total. The van der Waals surface area contributed by atoms with E-state index in [4.69, 9.17) is 4.42 Å². The summed E-state index contributed by atoms with van der Waals surface area (Å²) in [6, 6.07) is 3.62. The molecule has 3 heterocycles. The van der Waals surface area contributed by atoms with Crippen LogP contribution in [0.1, 0.15) is 13.3 Å². The van der Waals surface area contributed by atoms with E-state index in [0.29, 0.717) is 34.8 Å². The molecule has 3 rings (SSSR count). The highest BCUT2D eigenvalue weighted by Crippen LogP contribution is 2.29. The second-order valence-electron chi connectivity index (χ2n) is 5.02. The van der Waals surface area contributed by atoms with Gasteiger partial charge in [-0.25, -0.2) is 4.98 Å². The molecule has 0 aliphatic heterocycles. The first-order valence-corrected chi connectivity index (χ1v) is 9.43. The number of amides is 1. The van der Waals surface area contributed by atoms with E-state index in [1.165, 1.54) is 23.1 Å². The van der Waals surface area contributed by atoms with Crippen LogP contribution in [0, 0.1) is 0 Å². The number of aromatic nitrogens is 4. The normalized spacial score (nSPS) is 12.0. The zero-order valence-corrected chi connectivity index (χ0v) is 15.2. The topological polar surface area (TPSA) is 85.8 Å². The quantitative estimate of drug-likeness (QED) is 0.477. The Hall–Kier alpha value is -2.39. The second-order valence-corrected chi connectivity index (χ2v) is 7.09. The van der Waals surface area contributed by atoms with Crippen molar-refractivity contribution < 1.29 is 9.21 Å². The highest BCUT2D eigenvalue weighted by molar-refractivity contribution is 8.00. The van der Waals surface area contributed by atoms with E-state index in [2.05, 4.69) is 27.1 Å². The molecular weight excluding hydrogens is 358 g/mol. The minimum Gasteiger partial charge on any atom is -0.461 e. The fourth-order valence-electron chi connectivity index (χ4n) is 2.18. The van der Waals surface area contributed by atoms with Crippen LogP contribution >= 0.6 is 23.1 Å². The molecule has 0 bridgehead atoms. The highest BCUT2D eigenvalue weighted by Gasteiger charge is 2.24. The van der Waals surface area contributed by atoms with Gasteiger partial charge in [0.1, 0.15) is 0 Å². The van der Waals surface area contributed by atoms with Crippen molar-refractivity contribution in [1.29, 1.82) is 0 Å². The predicted molar refractivity (Wildman–Crippen MR) is 98.6 cm³/mol. The molecule has 0 fully saturated rings. The van der Waals surface area contributed by atoms with Crippen LogP contribution in [0.4, 0.5) is 5.13 Å². The van der Waals surface area contributed by atoms with Gasteiger partial charge in [-0.2, -0.15) is 0 Å². The summed E-state index contributed by atoms with van der Waals surface area (Å²) in [6.45, 7) is 6.26. The Labute approximate surface area is 153 Å². The largest absolute Gasteiger partial charge is 0.461 e. The highest BCUT2D eigenvalue weighted by atomic mass is 32.2. The van der Waals surface area contributed by atoms with Crippen LogP contribution in [0.3, 0.4) is 0 Å². The van der Waals surface area contributed by atoms with E-state index >= 15 is 0 Å². The number of rotatable bonds is 8.